The molecule has 0 bridgehead atoms. The van der Waals surface area contributed by atoms with E-state index in [0.717, 1.165) is 37.3 Å². The molecule has 30 heavy (non-hydrogen) atoms. The van der Waals surface area contributed by atoms with Crippen LogP contribution in [0.2, 0.25) is 5.02 Å². The lowest BCUT2D eigenvalue weighted by Gasteiger charge is -2.33. The normalized spacial score (nSPS) is 20.4. The van der Waals surface area contributed by atoms with Gasteiger partial charge in [0, 0.05) is 0 Å². The predicted octanol–water partition coefficient (Wildman–Crippen LogP) is 5.07. The van der Waals surface area contributed by atoms with Gasteiger partial charge in [-0.15, -0.1) is 0 Å². The summed E-state index contributed by atoms with van der Waals surface area (Å²) in [6.07, 6.45) is 8.08. The van der Waals surface area contributed by atoms with Crippen molar-refractivity contribution in [3.63, 3.8) is 0 Å². The number of halogens is 1. The lowest BCUT2D eigenvalue weighted by Crippen LogP contribution is -2.32. The number of benzene rings is 2. The van der Waals surface area contributed by atoms with Crippen LogP contribution in [-0.4, -0.2) is 22.6 Å². The van der Waals surface area contributed by atoms with Crippen molar-refractivity contribution < 1.29 is 0 Å². The zero-order valence-corrected chi connectivity index (χ0v) is 17.8. The molecule has 2 aromatic carbocycles. The van der Waals surface area contributed by atoms with E-state index in [-0.39, 0.29) is 11.0 Å². The molecule has 2 aliphatic heterocycles. The largest absolute Gasteiger partial charge is 0.317 e. The minimum atomic E-state index is -0.196. The highest BCUT2D eigenvalue weighted by atomic mass is 35.5. The van der Waals surface area contributed by atoms with Gasteiger partial charge in [-0.05, 0) is 74.0 Å². The molecule has 3 aliphatic rings. The van der Waals surface area contributed by atoms with E-state index < -0.39 is 0 Å². The fourth-order valence-corrected chi connectivity index (χ4v) is 6.36. The van der Waals surface area contributed by atoms with Crippen LogP contribution >= 0.6 is 11.6 Å². The lowest BCUT2D eigenvalue weighted by atomic mass is 9.69. The van der Waals surface area contributed by atoms with E-state index >= 15 is 0 Å². The smallest absolute Gasteiger partial charge is 0.282 e. The summed E-state index contributed by atoms with van der Waals surface area (Å²) in [7, 11) is 0. The van der Waals surface area contributed by atoms with Gasteiger partial charge in [0.25, 0.3) is 5.56 Å². The van der Waals surface area contributed by atoms with Gasteiger partial charge in [-0.25, -0.2) is 0 Å². The Kier molecular flexibility index (Phi) is 4.29. The van der Waals surface area contributed by atoms with E-state index in [2.05, 4.69) is 33.1 Å². The molecular weight excluding hydrogens is 394 g/mol. The summed E-state index contributed by atoms with van der Waals surface area (Å²) in [4.78, 5) is 17.7. The number of nitrogens with zero attached hydrogens (tertiary/aromatic N) is 2. The molecule has 154 valence electrons. The standard InChI is InChI=1S/C25H26ClN3O/c26-19-5-4-6-20-22(19)23(30)28-24-25(11-2-1-3-12-25)18-8-7-17(15-21(18)29(20)24)16-9-13-27-14-10-16/h4-8,15-16,27H,1-3,9-14H2. The molecule has 1 saturated heterocycles. The number of fused-ring (bicyclic) bond motifs is 7. The molecule has 0 amide bonds. The quantitative estimate of drug-likeness (QED) is 0.599. The van der Waals surface area contributed by atoms with Gasteiger partial charge in [-0.3, -0.25) is 9.36 Å². The molecule has 1 aromatic heterocycles. The van der Waals surface area contributed by atoms with Gasteiger partial charge < -0.3 is 5.32 Å². The molecule has 3 heterocycles. The third-order valence-corrected chi connectivity index (χ3v) is 7.90. The van der Waals surface area contributed by atoms with Gasteiger partial charge >= 0.3 is 0 Å². The third-order valence-electron chi connectivity index (χ3n) is 7.59. The summed E-state index contributed by atoms with van der Waals surface area (Å²) >= 11 is 6.46. The summed E-state index contributed by atoms with van der Waals surface area (Å²) in [5.74, 6) is 1.52. The lowest BCUT2D eigenvalue weighted by molar-refractivity contribution is 0.338. The van der Waals surface area contributed by atoms with E-state index in [9.17, 15) is 4.79 Å². The van der Waals surface area contributed by atoms with E-state index in [4.69, 9.17) is 11.6 Å². The molecule has 1 aliphatic carbocycles. The molecule has 0 radical (unpaired) electrons. The van der Waals surface area contributed by atoms with E-state index in [0.29, 0.717) is 16.3 Å². The van der Waals surface area contributed by atoms with Gasteiger partial charge in [0.05, 0.1) is 27.0 Å². The highest BCUT2D eigenvalue weighted by Gasteiger charge is 2.46. The van der Waals surface area contributed by atoms with Gasteiger partial charge in [-0.1, -0.05) is 49.1 Å². The molecule has 6 rings (SSSR count). The first-order valence-corrected chi connectivity index (χ1v) is 11.6. The molecule has 3 aromatic rings. The molecule has 2 fully saturated rings. The van der Waals surface area contributed by atoms with Crippen molar-refractivity contribution >= 4 is 22.5 Å². The van der Waals surface area contributed by atoms with E-state index in [1.54, 1.807) is 6.07 Å². The van der Waals surface area contributed by atoms with Gasteiger partial charge in [-0.2, -0.15) is 4.98 Å². The van der Waals surface area contributed by atoms with Gasteiger partial charge in [0.2, 0.25) is 0 Å². The van der Waals surface area contributed by atoms with Crippen LogP contribution in [0.15, 0.2) is 41.2 Å². The number of aromatic nitrogens is 2. The van der Waals surface area contributed by atoms with Crippen LogP contribution < -0.4 is 10.9 Å². The maximum absolute atomic E-state index is 13.0. The first-order chi connectivity index (χ1) is 14.7. The average Bonchev–Trinajstić information content (AvgIpc) is 3.04. The number of hydrogen-bond acceptors (Lipinski definition) is 3. The summed E-state index contributed by atoms with van der Waals surface area (Å²) in [5.41, 5.74) is 4.52. The predicted molar refractivity (Wildman–Crippen MR) is 121 cm³/mol. The molecular formula is C25H26ClN3O. The van der Waals surface area contributed by atoms with Crippen molar-refractivity contribution in [2.45, 2.75) is 56.3 Å². The maximum atomic E-state index is 13.0. The summed E-state index contributed by atoms with van der Waals surface area (Å²) in [6, 6.07) is 12.8. The molecule has 0 atom stereocenters. The Balaban J connectivity index is 1.65. The minimum Gasteiger partial charge on any atom is -0.317 e. The van der Waals surface area contributed by atoms with Crippen molar-refractivity contribution in [2.24, 2.45) is 0 Å². The van der Waals surface area contributed by atoms with Crippen molar-refractivity contribution in [3.05, 3.63) is 68.7 Å². The Bertz CT molecular complexity index is 1200. The van der Waals surface area contributed by atoms with Crippen LogP contribution in [-0.2, 0) is 5.41 Å². The molecule has 0 unspecified atom stereocenters. The fourth-order valence-electron chi connectivity index (χ4n) is 6.11. The first-order valence-electron chi connectivity index (χ1n) is 11.3. The molecule has 1 spiro atoms. The van der Waals surface area contributed by atoms with Crippen LogP contribution in [0.3, 0.4) is 0 Å². The zero-order chi connectivity index (χ0) is 20.3. The van der Waals surface area contributed by atoms with Crippen LogP contribution in [0.1, 0.15) is 67.8 Å². The highest BCUT2D eigenvalue weighted by Crippen LogP contribution is 2.52. The Morgan fingerprint density at radius 3 is 2.67 bits per heavy atom. The highest BCUT2D eigenvalue weighted by molar-refractivity contribution is 6.35. The van der Waals surface area contributed by atoms with E-state index in [1.165, 1.54) is 48.9 Å². The van der Waals surface area contributed by atoms with Crippen LogP contribution in [0.25, 0.3) is 16.6 Å². The van der Waals surface area contributed by atoms with Crippen molar-refractivity contribution in [3.8, 4) is 5.69 Å². The number of piperidine rings is 1. The second kappa shape index (κ2) is 6.93. The van der Waals surface area contributed by atoms with Crippen LogP contribution in [0, 0.1) is 0 Å². The Labute approximate surface area is 181 Å². The minimum absolute atomic E-state index is 0.143. The molecule has 4 nitrogen and oxygen atoms in total. The topological polar surface area (TPSA) is 46.9 Å². The van der Waals surface area contributed by atoms with Crippen LogP contribution in [0.5, 0.6) is 0 Å². The van der Waals surface area contributed by atoms with Crippen molar-refractivity contribution in [1.29, 1.82) is 0 Å². The summed E-state index contributed by atoms with van der Waals surface area (Å²) in [6.45, 7) is 2.16. The number of nitrogens with one attached hydrogen (secondary N) is 1. The molecule has 1 N–H and O–H groups in total. The second-order valence-electron chi connectivity index (χ2n) is 9.15. The monoisotopic (exact) mass is 419 g/mol. The fraction of sp³-hybridized carbons (Fsp3) is 0.440. The Hall–Kier alpha value is -2.17. The second-order valence-corrected chi connectivity index (χ2v) is 9.56. The maximum Gasteiger partial charge on any atom is 0.282 e. The van der Waals surface area contributed by atoms with Crippen molar-refractivity contribution in [1.82, 2.24) is 14.9 Å². The number of rotatable bonds is 1. The molecule has 1 saturated carbocycles. The first kappa shape index (κ1) is 18.6. The third kappa shape index (κ3) is 2.56. The summed E-state index contributed by atoms with van der Waals surface area (Å²) < 4.78 is 2.26. The van der Waals surface area contributed by atoms with E-state index in [1.807, 2.05) is 12.1 Å². The summed E-state index contributed by atoms with van der Waals surface area (Å²) in [5, 5.41) is 4.49. The van der Waals surface area contributed by atoms with Crippen LogP contribution in [0.4, 0.5) is 0 Å². The number of hydrogen-bond donors (Lipinski definition) is 1. The Morgan fingerprint density at radius 1 is 1.07 bits per heavy atom. The Morgan fingerprint density at radius 2 is 1.87 bits per heavy atom. The zero-order valence-electron chi connectivity index (χ0n) is 17.1. The van der Waals surface area contributed by atoms with Gasteiger partial charge in [0.1, 0.15) is 5.82 Å². The SMILES string of the molecule is O=c1nc2n(c3cccc(Cl)c13)-c1cc(C3CCNCC3)ccc1C21CCCCC1. The van der Waals surface area contributed by atoms with Gasteiger partial charge in [0.15, 0.2) is 0 Å². The average molecular weight is 420 g/mol. The molecule has 5 heteroatoms. The van der Waals surface area contributed by atoms with Crippen molar-refractivity contribution in [2.75, 3.05) is 13.1 Å².